The summed E-state index contributed by atoms with van der Waals surface area (Å²) in [5, 5.41) is 0. The maximum atomic E-state index is 11.3. The third kappa shape index (κ3) is 4.05. The van der Waals surface area contributed by atoms with Crippen LogP contribution in [0, 0.1) is 12.3 Å². The van der Waals surface area contributed by atoms with Gasteiger partial charge in [-0.15, -0.1) is 6.42 Å². The molecule has 1 aromatic carbocycles. The van der Waals surface area contributed by atoms with Crippen LogP contribution in [0.4, 0.5) is 0 Å². The lowest BCUT2D eigenvalue weighted by Crippen LogP contribution is -2.29. The molecule has 0 heterocycles. The summed E-state index contributed by atoms with van der Waals surface area (Å²) in [6.45, 7) is 3.15. The molecule has 1 rings (SSSR count). The van der Waals surface area contributed by atoms with Crippen molar-refractivity contribution in [3.05, 3.63) is 30.3 Å². The highest BCUT2D eigenvalue weighted by Crippen LogP contribution is 2.10. The van der Waals surface area contributed by atoms with E-state index >= 15 is 0 Å². The van der Waals surface area contributed by atoms with Gasteiger partial charge in [0.05, 0.1) is 0 Å². The Morgan fingerprint density at radius 1 is 1.38 bits per heavy atom. The second kappa shape index (κ2) is 5.22. The van der Waals surface area contributed by atoms with Crippen molar-refractivity contribution in [3.8, 4) is 18.1 Å². The number of carbonyl (C=O) groups excluding carboxylic acids is 1. The average Bonchev–Trinajstić information content (AvgIpc) is 2.27. The molecular formula is C13H14O3. The summed E-state index contributed by atoms with van der Waals surface area (Å²) in [6.07, 6.45) is 5.19. The third-order valence-electron chi connectivity index (χ3n) is 1.82. The van der Waals surface area contributed by atoms with Crippen molar-refractivity contribution < 1.29 is 14.3 Å². The Labute approximate surface area is 95.4 Å². The number of esters is 1. The Morgan fingerprint density at radius 3 is 2.56 bits per heavy atom. The molecule has 0 aliphatic carbocycles. The van der Waals surface area contributed by atoms with Crippen LogP contribution in [0.15, 0.2) is 30.3 Å². The molecule has 3 heteroatoms. The lowest BCUT2D eigenvalue weighted by atomic mass is 10.1. The van der Waals surface area contributed by atoms with E-state index in [4.69, 9.17) is 15.9 Å². The molecule has 0 atom stereocenters. The summed E-state index contributed by atoms with van der Waals surface area (Å²) in [4.78, 5) is 11.3. The molecule has 1 aromatic rings. The topological polar surface area (TPSA) is 35.5 Å². The van der Waals surface area contributed by atoms with Gasteiger partial charge in [0.2, 0.25) is 0 Å². The number of terminal acetylenes is 1. The quantitative estimate of drug-likeness (QED) is 0.573. The lowest BCUT2D eigenvalue weighted by molar-refractivity contribution is -0.154. The molecule has 0 bridgehead atoms. The second-order valence-corrected chi connectivity index (χ2v) is 3.73. The van der Waals surface area contributed by atoms with Crippen molar-refractivity contribution in [1.29, 1.82) is 0 Å². The van der Waals surface area contributed by atoms with Gasteiger partial charge >= 0.3 is 5.97 Å². The van der Waals surface area contributed by atoms with Crippen LogP contribution in [-0.4, -0.2) is 18.2 Å². The molecule has 0 saturated carbocycles. The van der Waals surface area contributed by atoms with E-state index in [1.807, 2.05) is 18.2 Å². The maximum absolute atomic E-state index is 11.3. The fourth-order valence-corrected chi connectivity index (χ4v) is 1.00. The summed E-state index contributed by atoms with van der Waals surface area (Å²) in [6, 6.07) is 9.05. The second-order valence-electron chi connectivity index (χ2n) is 3.73. The van der Waals surface area contributed by atoms with Gasteiger partial charge in [0.25, 0.3) is 0 Å². The molecule has 3 nitrogen and oxygen atoms in total. The van der Waals surface area contributed by atoms with E-state index in [0.29, 0.717) is 5.75 Å². The highest BCUT2D eigenvalue weighted by molar-refractivity contribution is 5.72. The molecule has 0 aromatic heterocycles. The first-order chi connectivity index (χ1) is 7.53. The fraction of sp³-hybridized carbons (Fsp3) is 0.308. The molecule has 0 N–H and O–H groups in total. The normalized spacial score (nSPS) is 10.3. The molecule has 0 aliphatic rings. The summed E-state index contributed by atoms with van der Waals surface area (Å²) in [5.41, 5.74) is -0.892. The number of ether oxygens (including phenoxy) is 2. The highest BCUT2D eigenvalue weighted by atomic mass is 16.6. The van der Waals surface area contributed by atoms with Gasteiger partial charge in [-0.1, -0.05) is 24.1 Å². The minimum absolute atomic E-state index is 0.144. The zero-order valence-electron chi connectivity index (χ0n) is 9.40. The largest absolute Gasteiger partial charge is 0.482 e. The van der Waals surface area contributed by atoms with Crippen molar-refractivity contribution in [2.75, 3.05) is 6.61 Å². The fourth-order valence-electron chi connectivity index (χ4n) is 1.00. The summed E-state index contributed by atoms with van der Waals surface area (Å²) in [7, 11) is 0. The predicted octanol–water partition coefficient (Wildman–Crippen LogP) is 2.02. The van der Waals surface area contributed by atoms with Gasteiger partial charge in [-0.2, -0.15) is 0 Å². The molecule has 0 amide bonds. The monoisotopic (exact) mass is 218 g/mol. The smallest absolute Gasteiger partial charge is 0.345 e. The van der Waals surface area contributed by atoms with Crippen LogP contribution in [-0.2, 0) is 9.53 Å². The maximum Gasteiger partial charge on any atom is 0.345 e. The van der Waals surface area contributed by atoms with Gasteiger partial charge < -0.3 is 9.47 Å². The Balaban J connectivity index is 2.40. The molecule has 0 radical (unpaired) electrons. The Kier molecular flexibility index (Phi) is 3.96. The highest BCUT2D eigenvalue weighted by Gasteiger charge is 2.19. The first-order valence-corrected chi connectivity index (χ1v) is 4.91. The standard InChI is InChI=1S/C13H14O3/c1-4-13(2,3)16-12(14)10-15-11-8-6-5-7-9-11/h1,5-9H,10H2,2-3H3. The first kappa shape index (κ1) is 12.1. The molecule has 0 aliphatic heterocycles. The van der Waals surface area contributed by atoms with Crippen molar-refractivity contribution in [1.82, 2.24) is 0 Å². The molecule has 0 saturated heterocycles. The van der Waals surface area contributed by atoms with E-state index in [9.17, 15) is 4.79 Å². The first-order valence-electron chi connectivity index (χ1n) is 4.91. The Hall–Kier alpha value is -1.95. The molecule has 0 unspecified atom stereocenters. The Morgan fingerprint density at radius 2 is 2.00 bits per heavy atom. The van der Waals surface area contributed by atoms with Crippen LogP contribution in [0.1, 0.15) is 13.8 Å². The number of rotatable bonds is 4. The summed E-state index contributed by atoms with van der Waals surface area (Å²) >= 11 is 0. The van der Waals surface area contributed by atoms with Gasteiger partial charge in [0, 0.05) is 0 Å². The molecular weight excluding hydrogens is 204 g/mol. The van der Waals surface area contributed by atoms with E-state index in [0.717, 1.165) is 0 Å². The number of hydrogen-bond acceptors (Lipinski definition) is 3. The number of carbonyl (C=O) groups is 1. The number of para-hydroxylation sites is 1. The third-order valence-corrected chi connectivity index (χ3v) is 1.82. The minimum atomic E-state index is -0.892. The SMILES string of the molecule is C#CC(C)(C)OC(=O)COc1ccccc1. The van der Waals surface area contributed by atoms with Gasteiger partial charge in [0.1, 0.15) is 5.75 Å². The Bertz CT molecular complexity index is 387. The van der Waals surface area contributed by atoms with Crippen molar-refractivity contribution >= 4 is 5.97 Å². The van der Waals surface area contributed by atoms with Crippen LogP contribution in [0.3, 0.4) is 0 Å². The molecule has 16 heavy (non-hydrogen) atoms. The zero-order chi connectivity index (χ0) is 12.0. The van der Waals surface area contributed by atoms with Crippen LogP contribution in [0.2, 0.25) is 0 Å². The van der Waals surface area contributed by atoms with E-state index < -0.39 is 11.6 Å². The summed E-state index contributed by atoms with van der Waals surface area (Å²) < 4.78 is 10.2. The molecule has 84 valence electrons. The van der Waals surface area contributed by atoms with Crippen LogP contribution >= 0.6 is 0 Å². The van der Waals surface area contributed by atoms with Crippen LogP contribution < -0.4 is 4.74 Å². The van der Waals surface area contributed by atoms with Gasteiger partial charge in [-0.25, -0.2) is 4.79 Å². The predicted molar refractivity (Wildman–Crippen MR) is 60.9 cm³/mol. The lowest BCUT2D eigenvalue weighted by Gasteiger charge is -2.18. The van der Waals surface area contributed by atoms with Crippen LogP contribution in [0.5, 0.6) is 5.75 Å². The van der Waals surface area contributed by atoms with Gasteiger partial charge in [0.15, 0.2) is 12.2 Å². The van der Waals surface area contributed by atoms with Gasteiger partial charge in [-0.3, -0.25) is 0 Å². The average molecular weight is 218 g/mol. The van der Waals surface area contributed by atoms with E-state index in [-0.39, 0.29) is 6.61 Å². The van der Waals surface area contributed by atoms with Crippen molar-refractivity contribution in [2.24, 2.45) is 0 Å². The number of hydrogen-bond donors (Lipinski definition) is 0. The van der Waals surface area contributed by atoms with Crippen LogP contribution in [0.25, 0.3) is 0 Å². The molecule has 0 spiro atoms. The number of benzene rings is 1. The van der Waals surface area contributed by atoms with Crippen molar-refractivity contribution in [2.45, 2.75) is 19.4 Å². The molecule has 0 fully saturated rings. The van der Waals surface area contributed by atoms with E-state index in [1.165, 1.54) is 0 Å². The van der Waals surface area contributed by atoms with Gasteiger partial charge in [-0.05, 0) is 26.0 Å². The van der Waals surface area contributed by atoms with E-state index in [1.54, 1.807) is 26.0 Å². The minimum Gasteiger partial charge on any atom is -0.482 e. The van der Waals surface area contributed by atoms with Crippen molar-refractivity contribution in [3.63, 3.8) is 0 Å². The van der Waals surface area contributed by atoms with E-state index in [2.05, 4.69) is 5.92 Å². The summed E-state index contributed by atoms with van der Waals surface area (Å²) in [5.74, 6) is 2.52. The zero-order valence-corrected chi connectivity index (χ0v) is 9.40.